The molecule has 3 fully saturated rings. The zero-order valence-electron chi connectivity index (χ0n) is 12.0. The third kappa shape index (κ3) is 2.92. The lowest BCUT2D eigenvalue weighted by atomic mass is 9.82. The Bertz CT molecular complexity index is 489. The molecule has 0 aliphatic carbocycles. The van der Waals surface area contributed by atoms with Crippen LogP contribution in [0.5, 0.6) is 0 Å². The average molecular weight is 301 g/mol. The van der Waals surface area contributed by atoms with Crippen LogP contribution in [-0.4, -0.2) is 50.1 Å². The maximum absolute atomic E-state index is 12.4. The minimum atomic E-state index is -3.12. The average Bonchev–Trinajstić information content (AvgIpc) is 3.00. The maximum Gasteiger partial charge on any atom is 0.211 e. The largest absolute Gasteiger partial charge is 0.374 e. The fourth-order valence-corrected chi connectivity index (χ4v) is 4.85. The molecule has 0 amide bonds. The van der Waals surface area contributed by atoms with Crippen molar-refractivity contribution < 1.29 is 17.9 Å². The van der Waals surface area contributed by atoms with E-state index < -0.39 is 10.0 Å². The number of carbonyl (C=O) groups is 1. The van der Waals surface area contributed by atoms with Crippen molar-refractivity contribution in [3.05, 3.63) is 0 Å². The molecular formula is C14H23NO4S. The first kappa shape index (κ1) is 14.5. The van der Waals surface area contributed by atoms with Gasteiger partial charge in [-0.1, -0.05) is 0 Å². The van der Waals surface area contributed by atoms with Crippen LogP contribution in [0.15, 0.2) is 0 Å². The number of sulfonamides is 1. The first-order valence-electron chi connectivity index (χ1n) is 7.57. The van der Waals surface area contributed by atoms with E-state index in [0.29, 0.717) is 25.6 Å². The molecule has 3 saturated heterocycles. The summed E-state index contributed by atoms with van der Waals surface area (Å²) in [7, 11) is -3.12. The summed E-state index contributed by atoms with van der Waals surface area (Å²) in [6, 6.07) is 0. The molecule has 114 valence electrons. The Morgan fingerprint density at radius 1 is 1.30 bits per heavy atom. The number of ether oxygens (including phenoxy) is 1. The first-order chi connectivity index (χ1) is 9.43. The summed E-state index contributed by atoms with van der Waals surface area (Å²) in [4.78, 5) is 12.4. The number of rotatable bonds is 4. The molecule has 0 spiro atoms. The Kier molecular flexibility index (Phi) is 3.90. The summed E-state index contributed by atoms with van der Waals surface area (Å²) in [5.74, 6) is 0.546. The van der Waals surface area contributed by atoms with Crippen LogP contribution in [0.2, 0.25) is 0 Å². The molecule has 3 aliphatic heterocycles. The van der Waals surface area contributed by atoms with E-state index in [1.165, 1.54) is 10.6 Å². The van der Waals surface area contributed by atoms with Crippen molar-refractivity contribution in [2.75, 3.05) is 19.3 Å². The third-order valence-electron chi connectivity index (χ3n) is 4.96. The second kappa shape index (κ2) is 5.39. The van der Waals surface area contributed by atoms with Crippen LogP contribution in [0.4, 0.5) is 0 Å². The number of Topliss-reactive ketones (excluding diaryl/α,β-unsaturated/α-hetero) is 1. The van der Waals surface area contributed by atoms with Crippen LogP contribution in [0, 0.1) is 11.8 Å². The minimum Gasteiger partial charge on any atom is -0.374 e. The number of piperidine rings is 1. The Balaban J connectivity index is 1.56. The van der Waals surface area contributed by atoms with Crippen LogP contribution in [0.1, 0.15) is 38.5 Å². The van der Waals surface area contributed by atoms with Crippen molar-refractivity contribution in [3.8, 4) is 0 Å². The molecule has 0 aromatic rings. The van der Waals surface area contributed by atoms with Crippen LogP contribution < -0.4 is 0 Å². The molecule has 0 radical (unpaired) electrons. The smallest absolute Gasteiger partial charge is 0.211 e. The summed E-state index contributed by atoms with van der Waals surface area (Å²) < 4.78 is 30.5. The highest BCUT2D eigenvalue weighted by Gasteiger charge is 2.44. The van der Waals surface area contributed by atoms with Crippen LogP contribution in [0.3, 0.4) is 0 Å². The number of carbonyl (C=O) groups excluding carboxylic acids is 1. The predicted molar refractivity (Wildman–Crippen MR) is 74.8 cm³/mol. The van der Waals surface area contributed by atoms with Gasteiger partial charge in [-0.15, -0.1) is 0 Å². The highest BCUT2D eigenvalue weighted by molar-refractivity contribution is 7.88. The molecule has 2 bridgehead atoms. The van der Waals surface area contributed by atoms with Gasteiger partial charge in [-0.2, -0.15) is 0 Å². The van der Waals surface area contributed by atoms with Crippen LogP contribution >= 0.6 is 0 Å². The maximum atomic E-state index is 12.4. The van der Waals surface area contributed by atoms with Gasteiger partial charge >= 0.3 is 0 Å². The van der Waals surface area contributed by atoms with Gasteiger partial charge in [0.25, 0.3) is 0 Å². The van der Waals surface area contributed by atoms with Crippen molar-refractivity contribution in [1.29, 1.82) is 0 Å². The third-order valence-corrected chi connectivity index (χ3v) is 6.23. The van der Waals surface area contributed by atoms with E-state index >= 15 is 0 Å². The van der Waals surface area contributed by atoms with E-state index in [4.69, 9.17) is 4.74 Å². The van der Waals surface area contributed by atoms with Gasteiger partial charge in [0.15, 0.2) is 0 Å². The number of nitrogens with zero attached hydrogens (tertiary/aromatic N) is 1. The molecule has 4 unspecified atom stereocenters. The summed E-state index contributed by atoms with van der Waals surface area (Å²) in [6.45, 7) is 1.10. The van der Waals surface area contributed by atoms with Crippen LogP contribution in [-0.2, 0) is 19.6 Å². The summed E-state index contributed by atoms with van der Waals surface area (Å²) in [5.41, 5.74) is 0. The first-order valence-corrected chi connectivity index (χ1v) is 9.41. The van der Waals surface area contributed by atoms with E-state index in [1.54, 1.807) is 0 Å². The van der Waals surface area contributed by atoms with Gasteiger partial charge in [0.1, 0.15) is 5.78 Å². The molecule has 0 saturated carbocycles. The lowest BCUT2D eigenvalue weighted by Gasteiger charge is -2.31. The van der Waals surface area contributed by atoms with Gasteiger partial charge in [0, 0.05) is 25.4 Å². The summed E-state index contributed by atoms with van der Waals surface area (Å²) in [5, 5.41) is 0. The summed E-state index contributed by atoms with van der Waals surface area (Å²) >= 11 is 0. The summed E-state index contributed by atoms with van der Waals surface area (Å²) in [6.07, 6.45) is 7.02. The molecule has 3 aliphatic rings. The molecule has 5 nitrogen and oxygen atoms in total. The van der Waals surface area contributed by atoms with Gasteiger partial charge in [0.2, 0.25) is 10.0 Å². The van der Waals surface area contributed by atoms with Crippen molar-refractivity contribution in [2.45, 2.75) is 50.7 Å². The molecule has 20 heavy (non-hydrogen) atoms. The molecular weight excluding hydrogens is 278 g/mol. The molecule has 0 aromatic heterocycles. The molecule has 0 aromatic carbocycles. The quantitative estimate of drug-likeness (QED) is 0.782. The monoisotopic (exact) mass is 301 g/mol. The molecule has 3 heterocycles. The normalized spacial score (nSPS) is 38.2. The van der Waals surface area contributed by atoms with Crippen molar-refractivity contribution >= 4 is 15.8 Å². The van der Waals surface area contributed by atoms with Gasteiger partial charge in [-0.3, -0.25) is 4.79 Å². The topological polar surface area (TPSA) is 63.7 Å². The zero-order valence-corrected chi connectivity index (χ0v) is 12.8. The Hall–Kier alpha value is -0.460. The lowest BCUT2D eigenvalue weighted by Crippen LogP contribution is -2.40. The molecule has 0 N–H and O–H groups in total. The minimum absolute atomic E-state index is 0.0716. The van der Waals surface area contributed by atoms with Gasteiger partial charge in [-0.25, -0.2) is 12.7 Å². The van der Waals surface area contributed by atoms with Crippen molar-refractivity contribution in [1.82, 2.24) is 4.31 Å². The highest BCUT2D eigenvalue weighted by atomic mass is 32.2. The van der Waals surface area contributed by atoms with Gasteiger partial charge < -0.3 is 4.74 Å². The van der Waals surface area contributed by atoms with Gasteiger partial charge in [-0.05, 0) is 38.0 Å². The van der Waals surface area contributed by atoms with Gasteiger partial charge in [0.05, 0.1) is 18.5 Å². The second-order valence-corrected chi connectivity index (χ2v) is 8.50. The van der Waals surface area contributed by atoms with Crippen LogP contribution in [0.25, 0.3) is 0 Å². The zero-order chi connectivity index (χ0) is 14.3. The number of ketones is 1. The van der Waals surface area contributed by atoms with E-state index in [0.717, 1.165) is 32.1 Å². The Morgan fingerprint density at radius 3 is 2.70 bits per heavy atom. The Labute approximate surface area is 120 Å². The van der Waals surface area contributed by atoms with Crippen molar-refractivity contribution in [2.24, 2.45) is 11.8 Å². The lowest BCUT2D eigenvalue weighted by molar-refractivity contribution is -0.125. The standard InChI is InChI=1S/C14H23NO4S/c1-20(17,18)15-6-2-3-10(9-15)7-13(16)12-8-11-4-5-14(12)19-11/h10-12,14H,2-9H2,1H3. The number of hydrogen-bond acceptors (Lipinski definition) is 4. The molecule has 6 heteroatoms. The number of fused-ring (bicyclic) bond motifs is 2. The predicted octanol–water partition coefficient (Wildman–Crippen LogP) is 1.18. The fraction of sp³-hybridized carbons (Fsp3) is 0.929. The molecule has 4 atom stereocenters. The van der Waals surface area contributed by atoms with E-state index in [1.807, 2.05) is 0 Å². The SMILES string of the molecule is CS(=O)(=O)N1CCCC(CC(=O)C2CC3CCC2O3)C1. The van der Waals surface area contributed by atoms with E-state index in [2.05, 4.69) is 0 Å². The van der Waals surface area contributed by atoms with E-state index in [-0.39, 0.29) is 23.7 Å². The highest BCUT2D eigenvalue weighted by Crippen LogP contribution is 2.40. The Morgan fingerprint density at radius 2 is 2.10 bits per heavy atom. The molecule has 3 rings (SSSR count). The number of hydrogen-bond donors (Lipinski definition) is 0. The second-order valence-electron chi connectivity index (χ2n) is 6.52. The van der Waals surface area contributed by atoms with E-state index in [9.17, 15) is 13.2 Å². The fourth-order valence-electron chi connectivity index (χ4n) is 3.91. The van der Waals surface area contributed by atoms with Crippen molar-refractivity contribution in [3.63, 3.8) is 0 Å².